The number of ether oxygens (including phenoxy) is 2. The van der Waals surface area contributed by atoms with Gasteiger partial charge in [0.05, 0.1) is 19.8 Å². The quantitative estimate of drug-likeness (QED) is 0.570. The van der Waals surface area contributed by atoms with Crippen LogP contribution in [0.4, 0.5) is 0 Å². The Balaban J connectivity index is 1.53. The standard InChI is InChI=1S/C19H33N3O2/c1-20(18-19-6-4-3-5-7-19)8-9-21-10-12-22(13-11-21)14-15-24-17-16-23-2/h3-7H,8-18H2,1-2H3. The summed E-state index contributed by atoms with van der Waals surface area (Å²) in [5.74, 6) is 0. The third kappa shape index (κ3) is 7.73. The molecule has 1 aliphatic rings. The molecular weight excluding hydrogens is 302 g/mol. The summed E-state index contributed by atoms with van der Waals surface area (Å²) in [6, 6.07) is 10.7. The van der Waals surface area contributed by atoms with Crippen molar-refractivity contribution in [2.75, 3.05) is 79.8 Å². The van der Waals surface area contributed by atoms with E-state index in [1.807, 2.05) is 0 Å². The van der Waals surface area contributed by atoms with Gasteiger partial charge in [0.1, 0.15) is 0 Å². The summed E-state index contributed by atoms with van der Waals surface area (Å²) in [6.45, 7) is 11.2. The second-order valence-electron chi connectivity index (χ2n) is 6.51. The topological polar surface area (TPSA) is 28.2 Å². The molecule has 0 atom stereocenters. The van der Waals surface area contributed by atoms with Crippen LogP contribution in [0.1, 0.15) is 5.56 Å². The van der Waals surface area contributed by atoms with Crippen LogP contribution in [0, 0.1) is 0 Å². The minimum atomic E-state index is 0.685. The van der Waals surface area contributed by atoms with Crippen LogP contribution < -0.4 is 0 Å². The van der Waals surface area contributed by atoms with E-state index in [0.717, 1.165) is 59.0 Å². The van der Waals surface area contributed by atoms with E-state index in [1.165, 1.54) is 5.56 Å². The molecule has 0 aromatic heterocycles. The molecule has 0 bridgehead atoms. The van der Waals surface area contributed by atoms with Gasteiger partial charge in [-0.3, -0.25) is 9.80 Å². The summed E-state index contributed by atoms with van der Waals surface area (Å²) in [7, 11) is 3.92. The third-order valence-corrected chi connectivity index (χ3v) is 4.54. The predicted molar refractivity (Wildman–Crippen MR) is 98.4 cm³/mol. The maximum Gasteiger partial charge on any atom is 0.0700 e. The van der Waals surface area contributed by atoms with Crippen LogP contribution in [0.5, 0.6) is 0 Å². The molecular formula is C19H33N3O2. The Kier molecular flexibility index (Phi) is 9.31. The van der Waals surface area contributed by atoms with Gasteiger partial charge in [0.2, 0.25) is 0 Å². The highest BCUT2D eigenvalue weighted by Crippen LogP contribution is 2.04. The average Bonchev–Trinajstić information content (AvgIpc) is 2.62. The lowest BCUT2D eigenvalue weighted by Gasteiger charge is -2.35. The van der Waals surface area contributed by atoms with Gasteiger partial charge in [-0.15, -0.1) is 0 Å². The summed E-state index contributed by atoms with van der Waals surface area (Å²) in [5.41, 5.74) is 1.39. The zero-order valence-electron chi connectivity index (χ0n) is 15.3. The van der Waals surface area contributed by atoms with Gasteiger partial charge >= 0.3 is 0 Å². The zero-order chi connectivity index (χ0) is 17.0. The molecule has 1 aromatic carbocycles. The monoisotopic (exact) mass is 335 g/mol. The number of piperazine rings is 1. The first kappa shape index (κ1) is 19.3. The Morgan fingerprint density at radius 3 is 2.25 bits per heavy atom. The smallest absolute Gasteiger partial charge is 0.0700 e. The molecule has 5 heteroatoms. The lowest BCUT2D eigenvalue weighted by molar-refractivity contribution is 0.0452. The molecule has 2 rings (SSSR count). The molecule has 0 aliphatic carbocycles. The van der Waals surface area contributed by atoms with Crippen molar-refractivity contribution in [3.63, 3.8) is 0 Å². The fraction of sp³-hybridized carbons (Fsp3) is 0.684. The van der Waals surface area contributed by atoms with Gasteiger partial charge in [0, 0.05) is 59.5 Å². The summed E-state index contributed by atoms with van der Waals surface area (Å²) in [4.78, 5) is 7.48. The summed E-state index contributed by atoms with van der Waals surface area (Å²) < 4.78 is 10.5. The van der Waals surface area contributed by atoms with Gasteiger partial charge in [-0.25, -0.2) is 0 Å². The van der Waals surface area contributed by atoms with Crippen LogP contribution in [0.15, 0.2) is 30.3 Å². The van der Waals surface area contributed by atoms with Crippen molar-refractivity contribution < 1.29 is 9.47 Å². The van der Waals surface area contributed by atoms with E-state index in [0.29, 0.717) is 13.2 Å². The molecule has 136 valence electrons. The molecule has 0 spiro atoms. The number of benzene rings is 1. The highest BCUT2D eigenvalue weighted by molar-refractivity contribution is 5.14. The van der Waals surface area contributed by atoms with E-state index in [-0.39, 0.29) is 0 Å². The number of hydrogen-bond acceptors (Lipinski definition) is 5. The summed E-state index contributed by atoms with van der Waals surface area (Å²) >= 11 is 0. The Hall–Kier alpha value is -0.980. The lowest BCUT2D eigenvalue weighted by atomic mass is 10.2. The molecule has 0 saturated carbocycles. The fourth-order valence-electron chi connectivity index (χ4n) is 2.96. The van der Waals surface area contributed by atoms with Gasteiger partial charge in [-0.05, 0) is 12.6 Å². The molecule has 1 heterocycles. The number of nitrogens with zero attached hydrogens (tertiary/aromatic N) is 3. The zero-order valence-corrected chi connectivity index (χ0v) is 15.3. The second-order valence-corrected chi connectivity index (χ2v) is 6.51. The first-order valence-corrected chi connectivity index (χ1v) is 9.02. The molecule has 0 amide bonds. The van der Waals surface area contributed by atoms with E-state index in [9.17, 15) is 0 Å². The Morgan fingerprint density at radius 1 is 0.917 bits per heavy atom. The molecule has 0 radical (unpaired) electrons. The van der Waals surface area contributed by atoms with Crippen LogP contribution in [-0.4, -0.2) is 94.5 Å². The van der Waals surface area contributed by atoms with Gasteiger partial charge in [-0.2, -0.15) is 0 Å². The predicted octanol–water partition coefficient (Wildman–Crippen LogP) is 1.40. The van der Waals surface area contributed by atoms with Crippen LogP contribution in [0.3, 0.4) is 0 Å². The van der Waals surface area contributed by atoms with Crippen LogP contribution in [0.25, 0.3) is 0 Å². The first-order valence-electron chi connectivity index (χ1n) is 9.02. The normalized spacial score (nSPS) is 16.8. The van der Waals surface area contributed by atoms with Crippen molar-refractivity contribution in [1.29, 1.82) is 0 Å². The molecule has 24 heavy (non-hydrogen) atoms. The highest BCUT2D eigenvalue weighted by atomic mass is 16.5. The fourth-order valence-corrected chi connectivity index (χ4v) is 2.96. The van der Waals surface area contributed by atoms with Crippen molar-refractivity contribution in [3.8, 4) is 0 Å². The third-order valence-electron chi connectivity index (χ3n) is 4.54. The maximum absolute atomic E-state index is 5.55. The van der Waals surface area contributed by atoms with Crippen molar-refractivity contribution in [3.05, 3.63) is 35.9 Å². The van der Waals surface area contributed by atoms with Gasteiger partial charge in [0.25, 0.3) is 0 Å². The second kappa shape index (κ2) is 11.6. The first-order chi connectivity index (χ1) is 11.8. The summed E-state index contributed by atoms with van der Waals surface area (Å²) in [5, 5.41) is 0. The molecule has 5 nitrogen and oxygen atoms in total. The van der Waals surface area contributed by atoms with Gasteiger partial charge in [0.15, 0.2) is 0 Å². The van der Waals surface area contributed by atoms with Crippen molar-refractivity contribution in [2.45, 2.75) is 6.54 Å². The van der Waals surface area contributed by atoms with Crippen molar-refractivity contribution >= 4 is 0 Å². The van der Waals surface area contributed by atoms with Crippen molar-refractivity contribution in [2.24, 2.45) is 0 Å². The van der Waals surface area contributed by atoms with Crippen LogP contribution in [-0.2, 0) is 16.0 Å². The van der Waals surface area contributed by atoms with E-state index in [1.54, 1.807) is 7.11 Å². The van der Waals surface area contributed by atoms with Crippen LogP contribution >= 0.6 is 0 Å². The number of hydrogen-bond donors (Lipinski definition) is 0. The lowest BCUT2D eigenvalue weighted by Crippen LogP contribution is -2.48. The number of likely N-dealkylation sites (N-methyl/N-ethyl adjacent to an activating group) is 1. The van der Waals surface area contributed by atoms with Crippen LogP contribution in [0.2, 0.25) is 0 Å². The number of rotatable bonds is 11. The average molecular weight is 335 g/mol. The Bertz CT molecular complexity index is 422. The highest BCUT2D eigenvalue weighted by Gasteiger charge is 2.16. The van der Waals surface area contributed by atoms with E-state index in [4.69, 9.17) is 9.47 Å². The van der Waals surface area contributed by atoms with Gasteiger partial charge < -0.3 is 14.4 Å². The molecule has 0 N–H and O–H groups in total. The molecule has 1 saturated heterocycles. The number of methoxy groups -OCH3 is 1. The van der Waals surface area contributed by atoms with E-state index < -0.39 is 0 Å². The van der Waals surface area contributed by atoms with Crippen molar-refractivity contribution in [1.82, 2.24) is 14.7 Å². The maximum atomic E-state index is 5.55. The minimum Gasteiger partial charge on any atom is -0.382 e. The molecule has 1 aliphatic heterocycles. The molecule has 0 unspecified atom stereocenters. The largest absolute Gasteiger partial charge is 0.382 e. The molecule has 1 fully saturated rings. The summed E-state index contributed by atoms with van der Waals surface area (Å²) in [6.07, 6.45) is 0. The van der Waals surface area contributed by atoms with E-state index in [2.05, 4.69) is 52.1 Å². The Morgan fingerprint density at radius 2 is 1.58 bits per heavy atom. The minimum absolute atomic E-state index is 0.685. The van der Waals surface area contributed by atoms with E-state index >= 15 is 0 Å². The molecule has 1 aromatic rings. The Labute approximate surface area is 147 Å². The van der Waals surface area contributed by atoms with Gasteiger partial charge in [-0.1, -0.05) is 30.3 Å². The SMILES string of the molecule is COCCOCCN1CCN(CCN(C)Cc2ccccc2)CC1.